The van der Waals surface area contributed by atoms with Crippen LogP contribution in [-0.4, -0.2) is 23.4 Å². The first-order chi connectivity index (χ1) is 7.33. The van der Waals surface area contributed by atoms with Crippen molar-refractivity contribution in [3.8, 4) is 0 Å². The lowest BCUT2D eigenvalue weighted by molar-refractivity contribution is 0.185. The van der Waals surface area contributed by atoms with Gasteiger partial charge in [0.05, 0.1) is 12.0 Å². The predicted octanol–water partition coefficient (Wildman–Crippen LogP) is 2.66. The summed E-state index contributed by atoms with van der Waals surface area (Å²) < 4.78 is 4.93. The Balaban J connectivity index is 0.000000162. The molecule has 1 aliphatic rings. The number of hydrogen-bond acceptors (Lipinski definition) is 3. The fourth-order valence-corrected chi connectivity index (χ4v) is 2.24. The zero-order valence-electron chi connectivity index (χ0n) is 9.06. The van der Waals surface area contributed by atoms with Crippen molar-refractivity contribution in [2.75, 3.05) is 12.9 Å². The molecule has 1 N–H and O–H groups in total. The molecule has 1 unspecified atom stereocenters. The van der Waals surface area contributed by atoms with Gasteiger partial charge in [0.1, 0.15) is 0 Å². The van der Waals surface area contributed by atoms with Crippen LogP contribution in [0, 0.1) is 0 Å². The van der Waals surface area contributed by atoms with Gasteiger partial charge >= 0.3 is 0 Å². The van der Waals surface area contributed by atoms with Crippen LogP contribution >= 0.6 is 11.8 Å². The number of aliphatic hydroxyl groups is 1. The number of thioether (sulfide) groups is 1. The van der Waals surface area contributed by atoms with Crippen LogP contribution in [0.5, 0.6) is 0 Å². The molecular formula is C12H18O2S. The van der Waals surface area contributed by atoms with E-state index in [9.17, 15) is 0 Å². The minimum absolute atomic E-state index is 0.0370. The Morgan fingerprint density at radius 3 is 2.53 bits per heavy atom. The Bertz CT molecular complexity index is 245. The third kappa shape index (κ3) is 5.82. The zero-order chi connectivity index (χ0) is 10.9. The molecule has 1 aliphatic heterocycles. The largest absolute Gasteiger partial charge is 0.382 e. The van der Waals surface area contributed by atoms with Crippen LogP contribution < -0.4 is 0 Å². The number of aliphatic hydroxyl groups excluding tert-OH is 1. The zero-order valence-corrected chi connectivity index (χ0v) is 9.87. The van der Waals surface area contributed by atoms with Gasteiger partial charge in [-0.3, -0.25) is 0 Å². The monoisotopic (exact) mass is 226 g/mol. The lowest BCUT2D eigenvalue weighted by atomic mass is 10.2. The molecule has 0 bridgehead atoms. The number of methoxy groups -OCH3 is 1. The van der Waals surface area contributed by atoms with Gasteiger partial charge in [-0.1, -0.05) is 30.3 Å². The first-order valence-corrected chi connectivity index (χ1v) is 6.20. The van der Waals surface area contributed by atoms with Crippen LogP contribution in [0.3, 0.4) is 0 Å². The highest BCUT2D eigenvalue weighted by Crippen LogP contribution is 2.22. The molecule has 0 saturated carbocycles. The minimum Gasteiger partial charge on any atom is -0.382 e. The van der Waals surface area contributed by atoms with Crippen molar-refractivity contribution < 1.29 is 9.84 Å². The van der Waals surface area contributed by atoms with Crippen molar-refractivity contribution in [3.63, 3.8) is 0 Å². The van der Waals surface area contributed by atoms with E-state index in [1.165, 1.54) is 12.0 Å². The molecule has 1 atom stereocenters. The van der Waals surface area contributed by atoms with Gasteiger partial charge in [0.25, 0.3) is 0 Å². The molecule has 1 fully saturated rings. The van der Waals surface area contributed by atoms with Crippen molar-refractivity contribution >= 4 is 11.8 Å². The van der Waals surface area contributed by atoms with Crippen molar-refractivity contribution in [3.05, 3.63) is 35.9 Å². The summed E-state index contributed by atoms with van der Waals surface area (Å²) in [5.74, 6) is 1.15. The molecule has 2 nitrogen and oxygen atoms in total. The van der Waals surface area contributed by atoms with Crippen molar-refractivity contribution in [2.24, 2.45) is 0 Å². The Hall–Kier alpha value is -0.510. The van der Waals surface area contributed by atoms with E-state index in [0.29, 0.717) is 6.61 Å². The number of rotatable bonds is 2. The van der Waals surface area contributed by atoms with E-state index >= 15 is 0 Å². The summed E-state index contributed by atoms with van der Waals surface area (Å²) in [6, 6.07) is 10.1. The molecule has 0 amide bonds. The summed E-state index contributed by atoms with van der Waals surface area (Å²) in [7, 11) is 1.70. The average molecular weight is 226 g/mol. The van der Waals surface area contributed by atoms with E-state index < -0.39 is 0 Å². The molecule has 0 aliphatic carbocycles. The lowest BCUT2D eigenvalue weighted by Gasteiger charge is -1.95. The van der Waals surface area contributed by atoms with Crippen LogP contribution in [0.15, 0.2) is 30.3 Å². The molecule has 15 heavy (non-hydrogen) atoms. The van der Waals surface area contributed by atoms with Gasteiger partial charge in [-0.15, -0.1) is 11.8 Å². The topological polar surface area (TPSA) is 29.5 Å². The SMILES string of the molecule is COCc1ccccc1.OC1CCCS1. The average Bonchev–Trinajstić information content (AvgIpc) is 2.72. The molecule has 0 spiro atoms. The summed E-state index contributed by atoms with van der Waals surface area (Å²) in [6.07, 6.45) is 2.20. The molecule has 84 valence electrons. The number of hydrogen-bond donors (Lipinski definition) is 1. The third-order valence-corrected chi connectivity index (χ3v) is 3.20. The quantitative estimate of drug-likeness (QED) is 0.840. The highest BCUT2D eigenvalue weighted by Gasteiger charge is 2.09. The Morgan fingerprint density at radius 1 is 1.40 bits per heavy atom. The Kier molecular flexibility index (Phi) is 6.48. The summed E-state index contributed by atoms with van der Waals surface area (Å²) in [4.78, 5) is 0. The second kappa shape index (κ2) is 7.74. The van der Waals surface area contributed by atoms with E-state index in [0.717, 1.165) is 12.2 Å². The van der Waals surface area contributed by atoms with Crippen LogP contribution in [0.4, 0.5) is 0 Å². The standard InChI is InChI=1S/C8H10O.C4H8OS/c1-9-7-8-5-3-2-4-6-8;5-4-2-1-3-6-4/h2-6H,7H2,1H3;4-5H,1-3H2. The van der Waals surface area contributed by atoms with E-state index in [1.54, 1.807) is 18.9 Å². The maximum absolute atomic E-state index is 8.69. The maximum atomic E-state index is 8.69. The third-order valence-electron chi connectivity index (χ3n) is 2.06. The smallest absolute Gasteiger partial charge is 0.0993 e. The molecular weight excluding hydrogens is 208 g/mol. The van der Waals surface area contributed by atoms with Crippen molar-refractivity contribution in [1.29, 1.82) is 0 Å². The molecule has 1 saturated heterocycles. The van der Waals surface area contributed by atoms with E-state index in [2.05, 4.69) is 0 Å². The van der Waals surface area contributed by atoms with E-state index in [4.69, 9.17) is 9.84 Å². The van der Waals surface area contributed by atoms with Gasteiger partial charge < -0.3 is 9.84 Å². The molecule has 2 rings (SSSR count). The van der Waals surface area contributed by atoms with Gasteiger partial charge in [0.2, 0.25) is 0 Å². The fraction of sp³-hybridized carbons (Fsp3) is 0.500. The van der Waals surface area contributed by atoms with Crippen molar-refractivity contribution in [2.45, 2.75) is 24.9 Å². The highest BCUT2D eigenvalue weighted by molar-refractivity contribution is 7.99. The second-order valence-electron chi connectivity index (χ2n) is 3.39. The molecule has 3 heteroatoms. The summed E-state index contributed by atoms with van der Waals surface area (Å²) in [5.41, 5.74) is 1.19. The van der Waals surface area contributed by atoms with Gasteiger partial charge in [-0.05, 0) is 24.2 Å². The molecule has 1 heterocycles. The number of benzene rings is 1. The first-order valence-electron chi connectivity index (χ1n) is 5.15. The van der Waals surface area contributed by atoms with E-state index in [1.807, 2.05) is 30.3 Å². The molecule has 0 aromatic heterocycles. The summed E-state index contributed by atoms with van der Waals surface area (Å²) >= 11 is 1.65. The Labute approximate surface area is 95.7 Å². The van der Waals surface area contributed by atoms with Gasteiger partial charge in [0, 0.05) is 7.11 Å². The van der Waals surface area contributed by atoms with Gasteiger partial charge in [-0.2, -0.15) is 0 Å². The molecule has 0 radical (unpaired) electrons. The molecule has 1 aromatic rings. The molecule has 1 aromatic carbocycles. The van der Waals surface area contributed by atoms with Crippen LogP contribution in [-0.2, 0) is 11.3 Å². The maximum Gasteiger partial charge on any atom is 0.0993 e. The minimum atomic E-state index is -0.0370. The normalized spacial score (nSPS) is 19.5. The van der Waals surface area contributed by atoms with Gasteiger partial charge in [0.15, 0.2) is 0 Å². The van der Waals surface area contributed by atoms with Crippen LogP contribution in [0.1, 0.15) is 18.4 Å². The van der Waals surface area contributed by atoms with Gasteiger partial charge in [-0.25, -0.2) is 0 Å². The van der Waals surface area contributed by atoms with E-state index in [-0.39, 0.29) is 5.44 Å². The van der Waals surface area contributed by atoms with Crippen molar-refractivity contribution in [1.82, 2.24) is 0 Å². The summed E-state index contributed by atoms with van der Waals surface area (Å²) in [6.45, 7) is 0.709. The van der Waals surface area contributed by atoms with Crippen LogP contribution in [0.25, 0.3) is 0 Å². The fourth-order valence-electron chi connectivity index (χ4n) is 1.30. The highest BCUT2D eigenvalue weighted by atomic mass is 32.2. The predicted molar refractivity (Wildman–Crippen MR) is 64.9 cm³/mol. The lowest BCUT2D eigenvalue weighted by Crippen LogP contribution is -1.88. The number of ether oxygens (including phenoxy) is 1. The Morgan fingerprint density at radius 2 is 2.13 bits per heavy atom. The first kappa shape index (κ1) is 12.6. The summed E-state index contributed by atoms with van der Waals surface area (Å²) in [5, 5.41) is 8.69. The second-order valence-corrected chi connectivity index (χ2v) is 4.67. The van der Waals surface area contributed by atoms with Crippen LogP contribution in [0.2, 0.25) is 0 Å².